The molecule has 4 heteroatoms. The van der Waals surface area contributed by atoms with Crippen LogP contribution in [-0.4, -0.2) is 40.6 Å². The number of methoxy groups -OCH3 is 1. The Bertz CT molecular complexity index is 422. The van der Waals surface area contributed by atoms with E-state index in [1.165, 1.54) is 24.0 Å². The minimum atomic E-state index is 0.497. The molecule has 118 valence electrons. The minimum absolute atomic E-state index is 0.497. The Hall–Kier alpha value is -1.10. The van der Waals surface area contributed by atoms with Crippen molar-refractivity contribution < 1.29 is 14.2 Å². The molecule has 2 rings (SSSR count). The first-order valence-corrected chi connectivity index (χ1v) is 7.84. The second-order valence-electron chi connectivity index (χ2n) is 5.40. The molecule has 1 aromatic carbocycles. The fraction of sp³-hybridized carbons (Fsp3) is 0.647. The predicted octanol–water partition coefficient (Wildman–Crippen LogP) is 2.72. The van der Waals surface area contributed by atoms with Gasteiger partial charge in [-0.1, -0.05) is 6.07 Å². The maximum Gasteiger partial charge on any atom is 0.119 e. The summed E-state index contributed by atoms with van der Waals surface area (Å²) in [5.74, 6) is 0.974. The molecule has 1 aliphatic rings. The van der Waals surface area contributed by atoms with Crippen molar-refractivity contribution in [2.45, 2.75) is 31.7 Å². The molecule has 0 heterocycles. The van der Waals surface area contributed by atoms with Gasteiger partial charge in [-0.05, 0) is 49.6 Å². The van der Waals surface area contributed by atoms with Crippen LogP contribution in [0.4, 0.5) is 0 Å². The van der Waals surface area contributed by atoms with Crippen molar-refractivity contribution >= 4 is 0 Å². The van der Waals surface area contributed by atoms with E-state index in [-0.39, 0.29) is 0 Å². The molecule has 0 bridgehead atoms. The molecule has 1 atom stereocenters. The van der Waals surface area contributed by atoms with Crippen molar-refractivity contribution in [3.63, 3.8) is 0 Å². The maximum atomic E-state index is 5.82. The van der Waals surface area contributed by atoms with Crippen molar-refractivity contribution in [2.24, 2.45) is 0 Å². The van der Waals surface area contributed by atoms with Crippen LogP contribution in [0.25, 0.3) is 0 Å². The lowest BCUT2D eigenvalue weighted by Gasteiger charge is -2.25. The SMILES string of the molecule is CNC1CCCc2cc(OCCCOCCOC)ccc21. The number of ether oxygens (including phenoxy) is 3. The topological polar surface area (TPSA) is 39.7 Å². The smallest absolute Gasteiger partial charge is 0.119 e. The van der Waals surface area contributed by atoms with Crippen molar-refractivity contribution in [3.8, 4) is 5.75 Å². The normalized spacial score (nSPS) is 17.5. The average Bonchev–Trinajstić information content (AvgIpc) is 2.53. The van der Waals surface area contributed by atoms with Crippen molar-refractivity contribution in [1.82, 2.24) is 5.32 Å². The lowest BCUT2D eigenvalue weighted by molar-refractivity contribution is 0.0644. The van der Waals surface area contributed by atoms with Gasteiger partial charge in [0.05, 0.1) is 19.8 Å². The Morgan fingerprint density at radius 2 is 2.10 bits per heavy atom. The fourth-order valence-corrected chi connectivity index (χ4v) is 2.78. The van der Waals surface area contributed by atoms with Gasteiger partial charge in [0, 0.05) is 26.2 Å². The highest BCUT2D eigenvalue weighted by Crippen LogP contribution is 2.31. The van der Waals surface area contributed by atoms with Gasteiger partial charge in [-0.25, -0.2) is 0 Å². The van der Waals surface area contributed by atoms with Gasteiger partial charge < -0.3 is 19.5 Å². The summed E-state index contributed by atoms with van der Waals surface area (Å²) in [6.45, 7) is 2.72. The third-order valence-corrected chi connectivity index (χ3v) is 3.91. The van der Waals surface area contributed by atoms with Crippen LogP contribution < -0.4 is 10.1 Å². The number of fused-ring (bicyclic) bond motifs is 1. The lowest BCUT2D eigenvalue weighted by atomic mass is 9.87. The van der Waals surface area contributed by atoms with Crippen molar-refractivity contribution in [2.75, 3.05) is 40.6 Å². The molecule has 0 amide bonds. The van der Waals surface area contributed by atoms with Gasteiger partial charge in [-0.2, -0.15) is 0 Å². The Morgan fingerprint density at radius 1 is 1.19 bits per heavy atom. The largest absolute Gasteiger partial charge is 0.493 e. The summed E-state index contributed by atoms with van der Waals surface area (Å²) in [6.07, 6.45) is 4.53. The number of hydrogen-bond acceptors (Lipinski definition) is 4. The number of hydrogen-bond donors (Lipinski definition) is 1. The minimum Gasteiger partial charge on any atom is -0.493 e. The third-order valence-electron chi connectivity index (χ3n) is 3.91. The van der Waals surface area contributed by atoms with Crippen LogP contribution in [0.2, 0.25) is 0 Å². The van der Waals surface area contributed by atoms with E-state index >= 15 is 0 Å². The highest BCUT2D eigenvalue weighted by Gasteiger charge is 2.18. The molecule has 1 unspecified atom stereocenters. The molecular weight excluding hydrogens is 266 g/mol. The molecule has 0 aliphatic heterocycles. The molecule has 1 N–H and O–H groups in total. The molecule has 21 heavy (non-hydrogen) atoms. The number of benzene rings is 1. The molecule has 0 fully saturated rings. The lowest BCUT2D eigenvalue weighted by Crippen LogP contribution is -2.21. The van der Waals surface area contributed by atoms with Gasteiger partial charge in [-0.15, -0.1) is 0 Å². The number of rotatable bonds is 9. The molecule has 0 aromatic heterocycles. The third kappa shape index (κ3) is 4.99. The molecule has 1 aliphatic carbocycles. The van der Waals surface area contributed by atoms with Gasteiger partial charge in [0.25, 0.3) is 0 Å². The van der Waals surface area contributed by atoms with Gasteiger partial charge in [0.15, 0.2) is 0 Å². The zero-order valence-electron chi connectivity index (χ0n) is 13.2. The van der Waals surface area contributed by atoms with Gasteiger partial charge in [0.1, 0.15) is 5.75 Å². The van der Waals surface area contributed by atoms with Crippen LogP contribution in [0.5, 0.6) is 5.75 Å². The molecule has 0 radical (unpaired) electrons. The quantitative estimate of drug-likeness (QED) is 0.711. The molecular formula is C17H27NO3. The van der Waals surface area contributed by atoms with E-state index in [9.17, 15) is 0 Å². The van der Waals surface area contributed by atoms with E-state index in [0.717, 1.165) is 25.2 Å². The van der Waals surface area contributed by atoms with Gasteiger partial charge in [-0.3, -0.25) is 0 Å². The zero-order valence-corrected chi connectivity index (χ0v) is 13.2. The predicted molar refractivity (Wildman–Crippen MR) is 84.0 cm³/mol. The second-order valence-corrected chi connectivity index (χ2v) is 5.40. The summed E-state index contributed by atoms with van der Waals surface area (Å²) in [5.41, 5.74) is 2.86. The first-order chi connectivity index (χ1) is 10.3. The van der Waals surface area contributed by atoms with Crippen molar-refractivity contribution in [1.29, 1.82) is 0 Å². The summed E-state index contributed by atoms with van der Waals surface area (Å²) in [4.78, 5) is 0. The van der Waals surface area contributed by atoms with Crippen LogP contribution in [-0.2, 0) is 15.9 Å². The highest BCUT2D eigenvalue weighted by molar-refractivity contribution is 5.39. The monoisotopic (exact) mass is 293 g/mol. The first-order valence-electron chi connectivity index (χ1n) is 7.84. The van der Waals surface area contributed by atoms with Crippen LogP contribution in [0.3, 0.4) is 0 Å². The summed E-state index contributed by atoms with van der Waals surface area (Å²) in [6, 6.07) is 6.99. The summed E-state index contributed by atoms with van der Waals surface area (Å²) >= 11 is 0. The summed E-state index contributed by atoms with van der Waals surface area (Å²) in [7, 11) is 3.72. The second kappa shape index (κ2) is 9.03. The highest BCUT2D eigenvalue weighted by atomic mass is 16.5. The van der Waals surface area contributed by atoms with E-state index in [2.05, 4.69) is 23.5 Å². The average molecular weight is 293 g/mol. The summed E-state index contributed by atoms with van der Waals surface area (Å²) in [5, 5.41) is 3.39. The van der Waals surface area contributed by atoms with Crippen molar-refractivity contribution in [3.05, 3.63) is 29.3 Å². The number of nitrogens with one attached hydrogen (secondary N) is 1. The molecule has 0 spiro atoms. The van der Waals surface area contributed by atoms with E-state index in [4.69, 9.17) is 14.2 Å². The first kappa shape index (κ1) is 16.3. The van der Waals surface area contributed by atoms with E-state index in [1.807, 2.05) is 7.05 Å². The number of aryl methyl sites for hydroxylation is 1. The Balaban J connectivity index is 1.75. The van der Waals surface area contributed by atoms with Crippen LogP contribution in [0.1, 0.15) is 36.4 Å². The van der Waals surface area contributed by atoms with E-state index in [0.29, 0.717) is 25.9 Å². The van der Waals surface area contributed by atoms with Crippen LogP contribution in [0.15, 0.2) is 18.2 Å². The fourth-order valence-electron chi connectivity index (χ4n) is 2.78. The summed E-state index contributed by atoms with van der Waals surface area (Å²) < 4.78 is 16.2. The standard InChI is InChI=1S/C17H27NO3/c1-18-17-6-3-5-14-13-15(7-8-16(14)17)21-10-4-9-20-12-11-19-2/h7-8,13,17-18H,3-6,9-12H2,1-2H3. The Morgan fingerprint density at radius 3 is 2.90 bits per heavy atom. The Labute approximate surface area is 127 Å². The molecule has 4 nitrogen and oxygen atoms in total. The maximum absolute atomic E-state index is 5.82. The van der Waals surface area contributed by atoms with Crippen LogP contribution >= 0.6 is 0 Å². The van der Waals surface area contributed by atoms with Gasteiger partial charge in [0.2, 0.25) is 0 Å². The van der Waals surface area contributed by atoms with E-state index < -0.39 is 0 Å². The molecule has 0 saturated heterocycles. The Kier molecular flexibility index (Phi) is 7.00. The zero-order chi connectivity index (χ0) is 14.9. The van der Waals surface area contributed by atoms with E-state index in [1.54, 1.807) is 7.11 Å². The van der Waals surface area contributed by atoms with Gasteiger partial charge >= 0.3 is 0 Å². The molecule has 0 saturated carbocycles. The van der Waals surface area contributed by atoms with Crippen LogP contribution in [0, 0.1) is 0 Å². The molecule has 1 aromatic rings.